The zero-order valence-corrected chi connectivity index (χ0v) is 29.6. The van der Waals surface area contributed by atoms with E-state index in [4.69, 9.17) is 0 Å². The van der Waals surface area contributed by atoms with E-state index in [0.29, 0.717) is 30.8 Å². The summed E-state index contributed by atoms with van der Waals surface area (Å²) >= 11 is 0. The van der Waals surface area contributed by atoms with Crippen molar-refractivity contribution in [1.82, 2.24) is 29.6 Å². The number of piperazine rings is 1. The van der Waals surface area contributed by atoms with Gasteiger partial charge in [-0.05, 0) is 66.8 Å². The van der Waals surface area contributed by atoms with E-state index in [0.717, 1.165) is 69.6 Å². The fourth-order valence-electron chi connectivity index (χ4n) is 7.37. The number of aromatic nitrogens is 2. The molecule has 0 atom stereocenters. The molecule has 0 radical (unpaired) electrons. The highest BCUT2D eigenvalue weighted by Gasteiger charge is 2.25. The summed E-state index contributed by atoms with van der Waals surface area (Å²) in [6.45, 7) is 7.81. The minimum absolute atomic E-state index is 0.0866. The molecule has 8 heteroatoms. The Bertz CT molecular complexity index is 2060. The summed E-state index contributed by atoms with van der Waals surface area (Å²) in [5.74, 6) is -0.222. The lowest BCUT2D eigenvalue weighted by Crippen LogP contribution is -2.46. The van der Waals surface area contributed by atoms with E-state index in [1.807, 2.05) is 54.5 Å². The fourth-order valence-corrected chi connectivity index (χ4v) is 7.37. The third kappa shape index (κ3) is 8.25. The summed E-state index contributed by atoms with van der Waals surface area (Å²) in [6, 6.07) is 34.5. The first-order valence-corrected chi connectivity index (χ1v) is 18.3. The number of aromatic amines is 2. The van der Waals surface area contributed by atoms with Crippen LogP contribution in [0, 0.1) is 0 Å². The molecule has 1 saturated heterocycles. The third-order valence-corrected chi connectivity index (χ3v) is 10.4. The molecule has 0 aliphatic carbocycles. The predicted octanol–water partition coefficient (Wildman–Crippen LogP) is 6.86. The van der Waals surface area contributed by atoms with Gasteiger partial charge >= 0.3 is 0 Å². The summed E-state index contributed by atoms with van der Waals surface area (Å²) in [4.78, 5) is 43.8. The van der Waals surface area contributed by atoms with Crippen LogP contribution in [0.25, 0.3) is 21.8 Å². The van der Waals surface area contributed by atoms with Crippen molar-refractivity contribution in [2.45, 2.75) is 25.8 Å². The number of rotatable bonds is 14. The SMILES string of the molecule is CN(CCc1c[nH]c2ccccc12)C(=O)c1ccccc1C(=O)N(CCCN1CCN(Cc2ccccc2)CC1)CCc1c[nH]c2ccccc12. The molecule has 7 rings (SSSR count). The number of carbonyl (C=O) groups excluding carboxylic acids is 2. The van der Waals surface area contributed by atoms with Gasteiger partial charge in [-0.25, -0.2) is 0 Å². The number of amides is 2. The Balaban J connectivity index is 1.01. The maximum absolute atomic E-state index is 14.4. The molecular weight excluding hydrogens is 633 g/mol. The van der Waals surface area contributed by atoms with Gasteiger partial charge in [-0.2, -0.15) is 0 Å². The number of nitrogens with one attached hydrogen (secondary N) is 2. The minimum Gasteiger partial charge on any atom is -0.361 e. The van der Waals surface area contributed by atoms with Crippen LogP contribution in [0.15, 0.2) is 116 Å². The van der Waals surface area contributed by atoms with Crippen LogP contribution in [0.2, 0.25) is 0 Å². The van der Waals surface area contributed by atoms with Crippen LogP contribution in [-0.4, -0.2) is 101 Å². The number of para-hydroxylation sites is 2. The molecule has 1 aliphatic heterocycles. The molecule has 0 saturated carbocycles. The molecule has 2 aromatic heterocycles. The lowest BCUT2D eigenvalue weighted by molar-refractivity contribution is 0.0720. The highest BCUT2D eigenvalue weighted by atomic mass is 16.2. The smallest absolute Gasteiger partial charge is 0.254 e. The summed E-state index contributed by atoms with van der Waals surface area (Å²) in [7, 11) is 1.83. The zero-order valence-electron chi connectivity index (χ0n) is 29.6. The first-order valence-electron chi connectivity index (χ1n) is 18.3. The Labute approximate surface area is 300 Å². The van der Waals surface area contributed by atoms with Gasteiger partial charge in [0.25, 0.3) is 11.8 Å². The monoisotopic (exact) mass is 680 g/mol. The normalized spacial score (nSPS) is 13.9. The van der Waals surface area contributed by atoms with Gasteiger partial charge in [0.2, 0.25) is 0 Å². The lowest BCUT2D eigenvalue weighted by Gasteiger charge is -2.35. The second kappa shape index (κ2) is 16.2. The van der Waals surface area contributed by atoms with Crippen LogP contribution in [-0.2, 0) is 19.4 Å². The number of carbonyl (C=O) groups is 2. The molecule has 6 aromatic rings. The van der Waals surface area contributed by atoms with E-state index < -0.39 is 0 Å². The van der Waals surface area contributed by atoms with Gasteiger partial charge < -0.3 is 24.7 Å². The Morgan fingerprint density at radius 1 is 0.608 bits per heavy atom. The van der Waals surface area contributed by atoms with Crippen molar-refractivity contribution in [2.75, 3.05) is 59.4 Å². The molecule has 1 aliphatic rings. The fraction of sp³-hybridized carbons (Fsp3) is 0.302. The molecule has 51 heavy (non-hydrogen) atoms. The molecule has 0 bridgehead atoms. The van der Waals surface area contributed by atoms with Crippen LogP contribution >= 0.6 is 0 Å². The van der Waals surface area contributed by atoms with Gasteiger partial charge in [0, 0.05) is 93.6 Å². The molecule has 2 N–H and O–H groups in total. The van der Waals surface area contributed by atoms with Gasteiger partial charge in [-0.1, -0.05) is 78.9 Å². The van der Waals surface area contributed by atoms with Gasteiger partial charge in [-0.3, -0.25) is 14.5 Å². The zero-order chi connectivity index (χ0) is 35.0. The van der Waals surface area contributed by atoms with Crippen molar-refractivity contribution in [2.24, 2.45) is 0 Å². The Kier molecular flexibility index (Phi) is 10.9. The number of hydrogen-bond acceptors (Lipinski definition) is 4. The minimum atomic E-state index is -0.135. The summed E-state index contributed by atoms with van der Waals surface area (Å²) < 4.78 is 0. The Hall–Kier alpha value is -5.18. The maximum Gasteiger partial charge on any atom is 0.254 e. The van der Waals surface area contributed by atoms with Gasteiger partial charge in [-0.15, -0.1) is 0 Å². The van der Waals surface area contributed by atoms with Gasteiger partial charge in [0.1, 0.15) is 0 Å². The van der Waals surface area contributed by atoms with Crippen molar-refractivity contribution in [3.05, 3.63) is 143 Å². The largest absolute Gasteiger partial charge is 0.361 e. The summed E-state index contributed by atoms with van der Waals surface area (Å²) in [6.07, 6.45) is 6.41. The molecule has 3 heterocycles. The first-order chi connectivity index (χ1) is 25.0. The Morgan fingerprint density at radius 2 is 1.14 bits per heavy atom. The van der Waals surface area contributed by atoms with E-state index >= 15 is 0 Å². The van der Waals surface area contributed by atoms with Gasteiger partial charge in [0.05, 0.1) is 11.1 Å². The highest BCUT2D eigenvalue weighted by Crippen LogP contribution is 2.22. The number of hydrogen-bond donors (Lipinski definition) is 2. The standard InChI is InChI=1S/C43H48N6O2/c1-46(24-20-34-30-44-40-18-9-7-14-36(34)40)42(50)38-16-5-6-17-39(38)43(51)49(25-21-35-31-45-41-19-10-8-15-37(35)41)23-11-22-47-26-28-48(29-27-47)32-33-12-3-2-4-13-33/h2-10,12-19,30-31,44-45H,11,20-29,32H2,1H3. The van der Waals surface area contributed by atoms with Gasteiger partial charge in [0.15, 0.2) is 0 Å². The molecule has 0 spiro atoms. The van der Waals surface area contributed by atoms with Crippen molar-refractivity contribution >= 4 is 33.6 Å². The highest BCUT2D eigenvalue weighted by molar-refractivity contribution is 6.07. The quantitative estimate of drug-likeness (QED) is 0.132. The topological polar surface area (TPSA) is 78.7 Å². The van der Waals surface area contributed by atoms with Crippen LogP contribution in [0.1, 0.15) is 43.8 Å². The van der Waals surface area contributed by atoms with Crippen LogP contribution in [0.4, 0.5) is 0 Å². The number of fused-ring (bicyclic) bond motifs is 2. The molecular formula is C43H48N6O2. The summed E-state index contributed by atoms with van der Waals surface area (Å²) in [5.41, 5.74) is 6.84. The first kappa shape index (κ1) is 34.3. The number of likely N-dealkylation sites (N-methyl/N-ethyl adjacent to an activating group) is 1. The molecule has 1 fully saturated rings. The average molecular weight is 681 g/mol. The maximum atomic E-state index is 14.4. The van der Waals surface area contributed by atoms with Crippen molar-refractivity contribution < 1.29 is 9.59 Å². The number of H-pyrrole nitrogens is 2. The van der Waals surface area contributed by atoms with Crippen molar-refractivity contribution in [1.29, 1.82) is 0 Å². The lowest BCUT2D eigenvalue weighted by atomic mass is 10.0. The van der Waals surface area contributed by atoms with E-state index in [1.54, 1.807) is 11.0 Å². The van der Waals surface area contributed by atoms with E-state index in [1.165, 1.54) is 27.5 Å². The third-order valence-electron chi connectivity index (χ3n) is 10.4. The van der Waals surface area contributed by atoms with Crippen LogP contribution < -0.4 is 0 Å². The molecule has 8 nitrogen and oxygen atoms in total. The van der Waals surface area contributed by atoms with Crippen molar-refractivity contribution in [3.63, 3.8) is 0 Å². The predicted molar refractivity (Wildman–Crippen MR) is 206 cm³/mol. The van der Waals surface area contributed by atoms with E-state index in [9.17, 15) is 9.59 Å². The Morgan fingerprint density at radius 3 is 1.78 bits per heavy atom. The molecule has 0 unspecified atom stereocenters. The van der Waals surface area contributed by atoms with E-state index in [-0.39, 0.29) is 11.8 Å². The van der Waals surface area contributed by atoms with E-state index in [2.05, 4.69) is 86.6 Å². The number of benzene rings is 4. The second-order valence-electron chi connectivity index (χ2n) is 13.7. The molecule has 2 amide bonds. The van der Waals surface area contributed by atoms with Crippen LogP contribution in [0.5, 0.6) is 0 Å². The molecule has 4 aromatic carbocycles. The number of nitrogens with zero attached hydrogens (tertiary/aromatic N) is 4. The second-order valence-corrected chi connectivity index (χ2v) is 13.7. The molecule has 262 valence electrons. The average Bonchev–Trinajstić information content (AvgIpc) is 3.80. The summed E-state index contributed by atoms with van der Waals surface area (Å²) in [5, 5.41) is 2.36. The van der Waals surface area contributed by atoms with Crippen LogP contribution in [0.3, 0.4) is 0 Å². The van der Waals surface area contributed by atoms with Crippen molar-refractivity contribution in [3.8, 4) is 0 Å².